The van der Waals surface area contributed by atoms with E-state index < -0.39 is 17.7 Å². The summed E-state index contributed by atoms with van der Waals surface area (Å²) < 4.78 is 44.1. The van der Waals surface area contributed by atoms with Gasteiger partial charge in [-0.05, 0) is 59.7 Å². The van der Waals surface area contributed by atoms with Gasteiger partial charge in [0.1, 0.15) is 5.75 Å². The number of carboxylic acids is 1. The molecule has 0 amide bonds. The zero-order chi connectivity index (χ0) is 20.1. The van der Waals surface area contributed by atoms with Crippen molar-refractivity contribution in [2.45, 2.75) is 19.0 Å². The second-order valence-corrected chi connectivity index (χ2v) is 6.63. The SMILES string of the molecule is O=C(O)/C=C/C=C(\c1ccc(OCC2CC2)cc1)c1ccc(C(F)(F)F)cc1. The third-order valence-corrected chi connectivity index (χ3v) is 4.37. The summed E-state index contributed by atoms with van der Waals surface area (Å²) in [7, 11) is 0. The van der Waals surface area contributed by atoms with E-state index in [1.54, 1.807) is 30.3 Å². The van der Waals surface area contributed by atoms with Crippen LogP contribution in [-0.2, 0) is 11.0 Å². The van der Waals surface area contributed by atoms with Gasteiger partial charge in [0.15, 0.2) is 0 Å². The number of aliphatic carboxylic acids is 1. The van der Waals surface area contributed by atoms with E-state index in [0.717, 1.165) is 29.5 Å². The number of rotatable bonds is 7. The Labute approximate surface area is 160 Å². The van der Waals surface area contributed by atoms with Crippen LogP contribution in [0.4, 0.5) is 13.2 Å². The maximum absolute atomic E-state index is 12.8. The Morgan fingerprint density at radius 3 is 2.11 bits per heavy atom. The largest absolute Gasteiger partial charge is 0.493 e. The van der Waals surface area contributed by atoms with Crippen molar-refractivity contribution in [2.24, 2.45) is 5.92 Å². The molecule has 0 spiro atoms. The van der Waals surface area contributed by atoms with Crippen molar-refractivity contribution in [3.8, 4) is 5.75 Å². The van der Waals surface area contributed by atoms with Gasteiger partial charge in [0.2, 0.25) is 0 Å². The average molecular weight is 388 g/mol. The number of carbonyl (C=O) groups is 1. The highest BCUT2D eigenvalue weighted by Crippen LogP contribution is 2.32. The van der Waals surface area contributed by atoms with E-state index in [2.05, 4.69) is 0 Å². The number of carboxylic acid groups (broad SMARTS) is 1. The lowest BCUT2D eigenvalue weighted by Gasteiger charge is -2.12. The highest BCUT2D eigenvalue weighted by Gasteiger charge is 2.30. The van der Waals surface area contributed by atoms with Gasteiger partial charge >= 0.3 is 12.1 Å². The highest BCUT2D eigenvalue weighted by atomic mass is 19.4. The molecular formula is C22H19F3O3. The molecular weight excluding hydrogens is 369 g/mol. The quantitative estimate of drug-likeness (QED) is 0.498. The Balaban J connectivity index is 1.87. The first-order chi connectivity index (χ1) is 13.3. The van der Waals surface area contributed by atoms with Crippen molar-refractivity contribution >= 4 is 11.5 Å². The van der Waals surface area contributed by atoms with Gasteiger partial charge in [-0.15, -0.1) is 0 Å². The summed E-state index contributed by atoms with van der Waals surface area (Å²) >= 11 is 0. The highest BCUT2D eigenvalue weighted by molar-refractivity contribution is 5.84. The van der Waals surface area contributed by atoms with Crippen molar-refractivity contribution in [3.63, 3.8) is 0 Å². The number of hydrogen-bond donors (Lipinski definition) is 1. The Morgan fingerprint density at radius 2 is 1.61 bits per heavy atom. The molecule has 1 N–H and O–H groups in total. The first-order valence-corrected chi connectivity index (χ1v) is 8.85. The third kappa shape index (κ3) is 5.49. The lowest BCUT2D eigenvalue weighted by Crippen LogP contribution is -2.04. The summed E-state index contributed by atoms with van der Waals surface area (Å²) in [5, 5.41) is 8.78. The molecule has 0 atom stereocenters. The number of allylic oxidation sites excluding steroid dienone is 2. The molecule has 0 aliphatic heterocycles. The molecule has 1 saturated carbocycles. The number of halogens is 3. The van der Waals surface area contributed by atoms with E-state index in [-0.39, 0.29) is 0 Å². The van der Waals surface area contributed by atoms with Crippen molar-refractivity contribution in [3.05, 3.63) is 83.4 Å². The normalized spacial score (nSPS) is 15.0. The molecule has 0 radical (unpaired) electrons. The van der Waals surface area contributed by atoms with Gasteiger partial charge in [-0.25, -0.2) is 4.79 Å². The van der Waals surface area contributed by atoms with E-state index in [4.69, 9.17) is 9.84 Å². The molecule has 2 aromatic rings. The van der Waals surface area contributed by atoms with Gasteiger partial charge in [0.25, 0.3) is 0 Å². The van der Waals surface area contributed by atoms with Crippen LogP contribution in [-0.4, -0.2) is 17.7 Å². The summed E-state index contributed by atoms with van der Waals surface area (Å²) in [5.41, 5.74) is 1.17. The number of benzene rings is 2. The summed E-state index contributed by atoms with van der Waals surface area (Å²) in [4.78, 5) is 10.7. The minimum Gasteiger partial charge on any atom is -0.493 e. The maximum atomic E-state index is 12.8. The van der Waals surface area contributed by atoms with E-state index in [1.807, 2.05) is 0 Å². The van der Waals surface area contributed by atoms with Gasteiger partial charge in [-0.1, -0.05) is 36.4 Å². The average Bonchev–Trinajstić information content (AvgIpc) is 3.48. The van der Waals surface area contributed by atoms with Gasteiger partial charge in [-0.2, -0.15) is 13.2 Å². The van der Waals surface area contributed by atoms with Crippen LogP contribution in [0.5, 0.6) is 5.75 Å². The first-order valence-electron chi connectivity index (χ1n) is 8.85. The molecule has 146 valence electrons. The molecule has 1 fully saturated rings. The van der Waals surface area contributed by atoms with Crippen LogP contribution in [0.2, 0.25) is 0 Å². The summed E-state index contributed by atoms with van der Waals surface area (Å²) in [5.74, 6) is 0.249. The molecule has 1 aliphatic carbocycles. The Kier molecular flexibility index (Phi) is 5.87. The molecule has 3 rings (SSSR count). The zero-order valence-electron chi connectivity index (χ0n) is 14.9. The molecule has 0 bridgehead atoms. The van der Waals surface area contributed by atoms with Crippen LogP contribution in [0.3, 0.4) is 0 Å². The molecule has 0 saturated heterocycles. The van der Waals surface area contributed by atoms with Gasteiger partial charge in [-0.3, -0.25) is 0 Å². The second kappa shape index (κ2) is 8.33. The van der Waals surface area contributed by atoms with E-state index in [0.29, 0.717) is 23.7 Å². The van der Waals surface area contributed by atoms with Crippen LogP contribution in [0.25, 0.3) is 5.57 Å². The summed E-state index contributed by atoms with van der Waals surface area (Å²) in [6.07, 6.45) is 1.86. The first kappa shape index (κ1) is 19.7. The van der Waals surface area contributed by atoms with Crippen molar-refractivity contribution in [1.29, 1.82) is 0 Å². The smallest absolute Gasteiger partial charge is 0.416 e. The fourth-order valence-electron chi connectivity index (χ4n) is 2.65. The molecule has 1 aliphatic rings. The van der Waals surface area contributed by atoms with Gasteiger partial charge in [0, 0.05) is 6.08 Å². The number of ether oxygens (including phenoxy) is 1. The molecule has 0 heterocycles. The fraction of sp³-hybridized carbons (Fsp3) is 0.227. The molecule has 6 heteroatoms. The van der Waals surface area contributed by atoms with E-state index in [1.165, 1.54) is 31.1 Å². The summed E-state index contributed by atoms with van der Waals surface area (Å²) in [6, 6.07) is 12.0. The molecule has 0 aromatic heterocycles. The van der Waals surface area contributed by atoms with Crippen LogP contribution >= 0.6 is 0 Å². The predicted molar refractivity (Wildman–Crippen MR) is 100.0 cm³/mol. The topological polar surface area (TPSA) is 46.5 Å². The van der Waals surface area contributed by atoms with E-state index in [9.17, 15) is 18.0 Å². The van der Waals surface area contributed by atoms with Crippen LogP contribution in [0, 0.1) is 5.92 Å². The fourth-order valence-corrected chi connectivity index (χ4v) is 2.65. The Hall–Kier alpha value is -3.02. The lowest BCUT2D eigenvalue weighted by molar-refractivity contribution is -0.137. The van der Waals surface area contributed by atoms with Crippen molar-refractivity contribution < 1.29 is 27.8 Å². The van der Waals surface area contributed by atoms with Gasteiger partial charge in [0.05, 0.1) is 12.2 Å². The van der Waals surface area contributed by atoms with Crippen molar-refractivity contribution in [1.82, 2.24) is 0 Å². The van der Waals surface area contributed by atoms with Crippen LogP contribution in [0.1, 0.15) is 29.5 Å². The molecule has 28 heavy (non-hydrogen) atoms. The van der Waals surface area contributed by atoms with Crippen molar-refractivity contribution in [2.75, 3.05) is 6.61 Å². The lowest BCUT2D eigenvalue weighted by atomic mass is 9.96. The second-order valence-electron chi connectivity index (χ2n) is 6.63. The van der Waals surface area contributed by atoms with E-state index >= 15 is 0 Å². The molecule has 0 unspecified atom stereocenters. The Morgan fingerprint density at radius 1 is 1.04 bits per heavy atom. The number of alkyl halides is 3. The van der Waals surface area contributed by atoms with Gasteiger partial charge < -0.3 is 9.84 Å². The predicted octanol–water partition coefficient (Wildman–Crippen LogP) is 5.57. The minimum atomic E-state index is -4.41. The standard InChI is InChI=1S/C22H19F3O3/c23-22(24,25)18-10-6-16(7-11-18)20(2-1-3-21(26)27)17-8-12-19(13-9-17)28-14-15-4-5-15/h1-3,6-13,15H,4-5,14H2,(H,26,27)/b3-1+,20-2-. The Bertz CT molecular complexity index is 875. The van der Waals surface area contributed by atoms with Crippen LogP contribution in [0.15, 0.2) is 66.8 Å². The third-order valence-electron chi connectivity index (χ3n) is 4.37. The minimum absolute atomic E-state index is 0.551. The zero-order valence-corrected chi connectivity index (χ0v) is 14.9. The monoisotopic (exact) mass is 388 g/mol. The van der Waals surface area contributed by atoms with Crippen LogP contribution < -0.4 is 4.74 Å². The summed E-state index contributed by atoms with van der Waals surface area (Å²) in [6.45, 7) is 0.683. The maximum Gasteiger partial charge on any atom is 0.416 e. The molecule has 2 aromatic carbocycles. The number of hydrogen-bond acceptors (Lipinski definition) is 2. The molecule has 3 nitrogen and oxygen atoms in total.